The minimum Gasteiger partial charge on any atom is -1.00 e. The van der Waals surface area contributed by atoms with Crippen LogP contribution in [-0.2, 0) is 0 Å². The van der Waals surface area contributed by atoms with Gasteiger partial charge in [-0.05, 0) is 0 Å². The monoisotopic (exact) mass is 285 g/mol. The summed E-state index contributed by atoms with van der Waals surface area (Å²) in [5.74, 6) is 0.796. The van der Waals surface area contributed by atoms with Crippen molar-refractivity contribution in [3.8, 4) is 0 Å². The van der Waals surface area contributed by atoms with Gasteiger partial charge < -0.3 is 23.9 Å². The molecular formula is C11H22BrMgSi. The van der Waals surface area contributed by atoms with E-state index in [0.717, 1.165) is 5.92 Å². The van der Waals surface area contributed by atoms with E-state index >= 15 is 0 Å². The number of rotatable bonds is 4. The standard InChI is InChI=1S/C11H22Si.BrH.Mg/c1-3-4-5-8-12-9-6-11(2)7-10-12;;/h11H,2-10H2,1H3;1H;/q-1;;+2/p-1. The molecular weight excluding hydrogens is 264 g/mol. The third-order valence-electron chi connectivity index (χ3n) is 2.95. The summed E-state index contributed by atoms with van der Waals surface area (Å²) in [6.07, 6.45) is 7.21. The third-order valence-corrected chi connectivity index (χ3v) is 6.00. The largest absolute Gasteiger partial charge is 2.00 e. The zero-order valence-electron chi connectivity index (χ0n) is 9.53. The van der Waals surface area contributed by atoms with Crippen LogP contribution in [0.3, 0.4) is 0 Å². The molecule has 0 aromatic carbocycles. The Morgan fingerprint density at radius 2 is 1.79 bits per heavy atom. The summed E-state index contributed by atoms with van der Waals surface area (Å²) in [4.78, 5) is 0. The van der Waals surface area contributed by atoms with E-state index in [1.54, 1.807) is 18.1 Å². The molecule has 3 heteroatoms. The zero-order valence-corrected chi connectivity index (χ0v) is 13.5. The van der Waals surface area contributed by atoms with Gasteiger partial charge in [0.05, 0.1) is 0 Å². The third kappa shape index (κ3) is 7.72. The van der Waals surface area contributed by atoms with Crippen molar-refractivity contribution in [2.75, 3.05) is 0 Å². The smallest absolute Gasteiger partial charge is 1.00 e. The Bertz CT molecular complexity index is 114. The van der Waals surface area contributed by atoms with Gasteiger partial charge in [0.1, 0.15) is 0 Å². The molecule has 1 saturated heterocycles. The molecule has 0 aromatic rings. The van der Waals surface area contributed by atoms with Gasteiger partial charge in [-0.1, -0.05) is 57.2 Å². The minimum absolute atomic E-state index is 0. The van der Waals surface area contributed by atoms with Crippen molar-refractivity contribution in [3.63, 3.8) is 0 Å². The van der Waals surface area contributed by atoms with E-state index in [1.165, 1.54) is 32.1 Å². The molecule has 1 heterocycles. The molecule has 1 radical (unpaired) electrons. The molecule has 0 aliphatic carbocycles. The van der Waals surface area contributed by atoms with Crippen LogP contribution in [0.5, 0.6) is 0 Å². The Morgan fingerprint density at radius 3 is 2.29 bits per heavy atom. The molecule has 1 aliphatic heterocycles. The second kappa shape index (κ2) is 11.0. The molecule has 0 bridgehead atoms. The molecule has 14 heavy (non-hydrogen) atoms. The van der Waals surface area contributed by atoms with E-state index in [2.05, 4.69) is 13.8 Å². The summed E-state index contributed by atoms with van der Waals surface area (Å²) in [6, 6.07) is 4.70. The van der Waals surface area contributed by atoms with Gasteiger partial charge >= 0.3 is 23.1 Å². The first-order valence-electron chi connectivity index (χ1n) is 5.49. The maximum atomic E-state index is 4.14. The first-order valence-corrected chi connectivity index (χ1v) is 7.61. The molecule has 79 valence electrons. The van der Waals surface area contributed by atoms with Gasteiger partial charge in [0.25, 0.3) is 0 Å². The van der Waals surface area contributed by atoms with Crippen LogP contribution in [0, 0.1) is 12.8 Å². The summed E-state index contributed by atoms with van der Waals surface area (Å²) in [6.45, 7) is 6.44. The van der Waals surface area contributed by atoms with Crippen molar-refractivity contribution in [2.45, 2.75) is 57.2 Å². The second-order valence-corrected chi connectivity index (χ2v) is 7.15. The molecule has 0 spiro atoms. The molecule has 1 fully saturated rings. The summed E-state index contributed by atoms with van der Waals surface area (Å²) < 4.78 is 0. The molecule has 0 nitrogen and oxygen atoms in total. The molecule has 0 unspecified atom stereocenters. The minimum atomic E-state index is 0. The normalized spacial score (nSPS) is 18.4. The molecule has 0 N–H and O–H groups in total. The number of halogens is 1. The van der Waals surface area contributed by atoms with Crippen LogP contribution in [0.1, 0.15) is 39.0 Å². The van der Waals surface area contributed by atoms with Gasteiger partial charge in [-0.3, -0.25) is 0 Å². The summed E-state index contributed by atoms with van der Waals surface area (Å²) in [5, 5.41) is 0. The average Bonchev–Trinajstić information content (AvgIpc) is 2.09. The topological polar surface area (TPSA) is 0 Å². The number of hydrogen-bond donors (Lipinski definition) is 0. The molecule has 1 aliphatic rings. The van der Waals surface area contributed by atoms with Crippen LogP contribution >= 0.6 is 0 Å². The quantitative estimate of drug-likeness (QED) is 0.402. The predicted molar refractivity (Wildman–Crippen MR) is 63.5 cm³/mol. The molecule has 0 saturated carbocycles. The molecule has 0 aromatic heterocycles. The Balaban J connectivity index is 0. The van der Waals surface area contributed by atoms with Gasteiger partial charge in [-0.15, -0.1) is 0 Å². The van der Waals surface area contributed by atoms with Gasteiger partial charge in [-0.25, -0.2) is 0 Å². The second-order valence-electron chi connectivity index (χ2n) is 4.15. The Labute approximate surface area is 118 Å². The van der Waals surface area contributed by atoms with Crippen LogP contribution in [0.4, 0.5) is 0 Å². The fraction of sp³-hybridized carbons (Fsp3) is 0.909. The molecule has 0 amide bonds. The van der Waals surface area contributed by atoms with Crippen molar-refractivity contribution in [2.24, 2.45) is 5.92 Å². The first kappa shape index (κ1) is 17.8. The van der Waals surface area contributed by atoms with E-state index in [-0.39, 0.29) is 48.8 Å². The number of unbranched alkanes of at least 4 members (excludes halogenated alkanes) is 2. The van der Waals surface area contributed by atoms with Crippen LogP contribution in [0.25, 0.3) is 0 Å². The van der Waals surface area contributed by atoms with E-state index in [1.807, 2.05) is 0 Å². The van der Waals surface area contributed by atoms with E-state index < -0.39 is 0 Å². The van der Waals surface area contributed by atoms with E-state index in [9.17, 15) is 0 Å². The van der Waals surface area contributed by atoms with Gasteiger partial charge in [0.15, 0.2) is 0 Å². The fourth-order valence-electron chi connectivity index (χ4n) is 1.96. The van der Waals surface area contributed by atoms with Gasteiger partial charge in [0, 0.05) is 8.80 Å². The Kier molecular flexibility index (Phi) is 14.0. The van der Waals surface area contributed by atoms with Crippen molar-refractivity contribution >= 4 is 31.8 Å². The van der Waals surface area contributed by atoms with Gasteiger partial charge in [-0.2, -0.15) is 5.92 Å². The van der Waals surface area contributed by atoms with E-state index in [4.69, 9.17) is 0 Å². The average molecular weight is 287 g/mol. The van der Waals surface area contributed by atoms with Crippen molar-refractivity contribution < 1.29 is 17.0 Å². The summed E-state index contributed by atoms with van der Waals surface area (Å²) in [7, 11) is 0.107. The van der Waals surface area contributed by atoms with Crippen LogP contribution < -0.4 is 17.0 Å². The molecule has 1 rings (SSSR count). The van der Waals surface area contributed by atoms with Crippen molar-refractivity contribution in [3.05, 3.63) is 6.92 Å². The van der Waals surface area contributed by atoms with E-state index in [0.29, 0.717) is 0 Å². The van der Waals surface area contributed by atoms with Crippen LogP contribution in [0.15, 0.2) is 0 Å². The van der Waals surface area contributed by atoms with Crippen molar-refractivity contribution in [1.29, 1.82) is 0 Å². The SMILES string of the molecule is [Br-].[CH2-]C1CC[Si](CCCCC)CC1.[Mg+2]. The molecule has 0 atom stereocenters. The Hall–Kier alpha value is 1.46. The Morgan fingerprint density at radius 1 is 1.21 bits per heavy atom. The van der Waals surface area contributed by atoms with Crippen molar-refractivity contribution in [1.82, 2.24) is 0 Å². The zero-order chi connectivity index (χ0) is 8.81. The summed E-state index contributed by atoms with van der Waals surface area (Å²) in [5.41, 5.74) is 0. The summed E-state index contributed by atoms with van der Waals surface area (Å²) >= 11 is 0. The number of hydrogen-bond acceptors (Lipinski definition) is 0. The predicted octanol–water partition coefficient (Wildman–Crippen LogP) is 0.539. The van der Waals surface area contributed by atoms with Crippen LogP contribution in [0.2, 0.25) is 18.1 Å². The first-order chi connectivity index (χ1) is 5.83. The fourth-order valence-corrected chi connectivity index (χ4v) is 5.09. The maximum Gasteiger partial charge on any atom is 2.00 e. The van der Waals surface area contributed by atoms with Gasteiger partial charge in [0.2, 0.25) is 0 Å². The van der Waals surface area contributed by atoms with Crippen LogP contribution in [-0.4, -0.2) is 31.8 Å². The maximum absolute atomic E-state index is 4.14.